The fraction of sp³-hybridized carbons (Fsp3) is 0.391. The maximum atomic E-state index is 12.3. The summed E-state index contributed by atoms with van der Waals surface area (Å²) in [6.07, 6.45) is 4.06. The number of nitrogens with one attached hydrogen (secondary N) is 1. The van der Waals surface area contributed by atoms with Gasteiger partial charge in [0.05, 0.1) is 11.5 Å². The van der Waals surface area contributed by atoms with Crippen LogP contribution < -0.4 is 15.2 Å². The van der Waals surface area contributed by atoms with Crippen molar-refractivity contribution in [1.82, 2.24) is 5.32 Å². The number of nitrogens with two attached hydrogens (primary N) is 1. The SMILES string of the molecule is CCCCCOc1ccc(C(=O)CCC(=O)NCCc2ccc(S(N)(=O)=O)cc2)cc1. The number of unbranched alkanes of at least 4 members (excludes halogenated alkanes) is 2. The Hall–Kier alpha value is -2.71. The second kappa shape index (κ2) is 12.2. The maximum absolute atomic E-state index is 12.3. The molecule has 2 aromatic rings. The van der Waals surface area contributed by atoms with Crippen molar-refractivity contribution in [3.63, 3.8) is 0 Å². The summed E-state index contributed by atoms with van der Waals surface area (Å²) < 4.78 is 28.1. The van der Waals surface area contributed by atoms with Gasteiger partial charge in [-0.3, -0.25) is 9.59 Å². The number of ether oxygens (including phenoxy) is 1. The van der Waals surface area contributed by atoms with Crippen LogP contribution >= 0.6 is 0 Å². The van der Waals surface area contributed by atoms with Crippen LogP contribution in [0.25, 0.3) is 0 Å². The summed E-state index contributed by atoms with van der Waals surface area (Å²) in [5, 5.41) is 7.84. The van der Waals surface area contributed by atoms with Gasteiger partial charge < -0.3 is 10.1 Å². The molecule has 1 amide bonds. The molecule has 8 heteroatoms. The Kier molecular flexibility index (Phi) is 9.68. The van der Waals surface area contributed by atoms with Gasteiger partial charge in [0.25, 0.3) is 0 Å². The van der Waals surface area contributed by atoms with Crippen LogP contribution in [0.15, 0.2) is 53.4 Å². The van der Waals surface area contributed by atoms with E-state index in [1.54, 1.807) is 36.4 Å². The molecule has 0 unspecified atom stereocenters. The molecule has 0 heterocycles. The summed E-state index contributed by atoms with van der Waals surface area (Å²) in [6, 6.07) is 13.2. The van der Waals surface area contributed by atoms with Crippen LogP contribution in [0.4, 0.5) is 0 Å². The third-order valence-electron chi connectivity index (χ3n) is 4.76. The van der Waals surface area contributed by atoms with E-state index in [-0.39, 0.29) is 29.4 Å². The molecule has 168 valence electrons. The van der Waals surface area contributed by atoms with Gasteiger partial charge in [-0.2, -0.15) is 0 Å². The van der Waals surface area contributed by atoms with Crippen LogP contribution in [0.1, 0.15) is 54.9 Å². The number of primary sulfonamides is 1. The first-order valence-corrected chi connectivity index (χ1v) is 12.0. The molecule has 7 nitrogen and oxygen atoms in total. The van der Waals surface area contributed by atoms with Gasteiger partial charge in [-0.25, -0.2) is 13.6 Å². The molecule has 0 spiro atoms. The third kappa shape index (κ3) is 8.90. The summed E-state index contributed by atoms with van der Waals surface area (Å²) in [4.78, 5) is 24.3. The summed E-state index contributed by atoms with van der Waals surface area (Å²) in [7, 11) is -3.71. The van der Waals surface area contributed by atoms with Crippen LogP contribution in [-0.4, -0.2) is 33.3 Å². The van der Waals surface area contributed by atoms with E-state index in [1.807, 2.05) is 0 Å². The lowest BCUT2D eigenvalue weighted by Crippen LogP contribution is -2.26. The van der Waals surface area contributed by atoms with Crippen LogP contribution in [-0.2, 0) is 21.2 Å². The number of benzene rings is 2. The fourth-order valence-electron chi connectivity index (χ4n) is 2.93. The zero-order valence-corrected chi connectivity index (χ0v) is 18.6. The Bertz CT molecular complexity index is 954. The first kappa shape index (κ1) is 24.6. The Balaban J connectivity index is 1.69. The first-order chi connectivity index (χ1) is 14.8. The van der Waals surface area contributed by atoms with Gasteiger partial charge in [-0.1, -0.05) is 31.9 Å². The lowest BCUT2D eigenvalue weighted by atomic mass is 10.1. The average molecular weight is 447 g/mol. The van der Waals surface area contributed by atoms with Gasteiger partial charge in [-0.05, 0) is 54.8 Å². The van der Waals surface area contributed by atoms with Crippen LogP contribution in [0, 0.1) is 0 Å². The predicted molar refractivity (Wildman–Crippen MR) is 120 cm³/mol. The summed E-state index contributed by atoms with van der Waals surface area (Å²) in [5.41, 5.74) is 1.43. The minimum absolute atomic E-state index is 0.0508. The van der Waals surface area contributed by atoms with Crippen molar-refractivity contribution in [3.05, 3.63) is 59.7 Å². The molecule has 0 saturated heterocycles. The first-order valence-electron chi connectivity index (χ1n) is 10.4. The molecule has 0 fully saturated rings. The molecular formula is C23H30N2O5S. The minimum Gasteiger partial charge on any atom is -0.494 e. The quantitative estimate of drug-likeness (QED) is 0.362. The van der Waals surface area contributed by atoms with Crippen LogP contribution in [0.3, 0.4) is 0 Å². The fourth-order valence-corrected chi connectivity index (χ4v) is 3.45. The number of rotatable bonds is 13. The monoisotopic (exact) mass is 446 g/mol. The van der Waals surface area contributed by atoms with Crippen molar-refractivity contribution >= 4 is 21.7 Å². The average Bonchev–Trinajstić information content (AvgIpc) is 2.75. The van der Waals surface area contributed by atoms with E-state index in [4.69, 9.17) is 9.88 Å². The highest BCUT2D eigenvalue weighted by Gasteiger charge is 2.10. The molecule has 0 saturated carbocycles. The standard InChI is InChI=1S/C23H30N2O5S/c1-2-3-4-17-30-20-9-7-19(8-10-20)22(26)13-14-23(27)25-16-15-18-5-11-21(12-6-18)31(24,28)29/h5-12H,2-4,13-17H2,1H3,(H,25,27)(H2,24,28,29). The van der Waals surface area contributed by atoms with E-state index in [0.717, 1.165) is 30.6 Å². The smallest absolute Gasteiger partial charge is 0.238 e. The van der Waals surface area contributed by atoms with Crippen LogP contribution in [0.2, 0.25) is 0 Å². The topological polar surface area (TPSA) is 116 Å². The van der Waals surface area contributed by atoms with Gasteiger partial charge in [0.1, 0.15) is 5.75 Å². The Morgan fingerprint density at radius 1 is 0.968 bits per heavy atom. The summed E-state index contributed by atoms with van der Waals surface area (Å²) in [6.45, 7) is 3.20. The van der Waals surface area contributed by atoms with Gasteiger partial charge in [0.15, 0.2) is 5.78 Å². The van der Waals surface area contributed by atoms with Crippen molar-refractivity contribution in [2.24, 2.45) is 5.14 Å². The highest BCUT2D eigenvalue weighted by molar-refractivity contribution is 7.89. The highest BCUT2D eigenvalue weighted by Crippen LogP contribution is 2.15. The summed E-state index contributed by atoms with van der Waals surface area (Å²) >= 11 is 0. The molecule has 0 radical (unpaired) electrons. The number of Topliss-reactive ketones (excluding diaryl/α,β-unsaturated/α-hetero) is 1. The van der Waals surface area contributed by atoms with Crippen molar-refractivity contribution in [1.29, 1.82) is 0 Å². The zero-order valence-electron chi connectivity index (χ0n) is 17.8. The zero-order chi connectivity index (χ0) is 22.7. The molecule has 0 aliphatic carbocycles. The highest BCUT2D eigenvalue weighted by atomic mass is 32.2. The second-order valence-electron chi connectivity index (χ2n) is 7.29. The molecule has 0 atom stereocenters. The summed E-state index contributed by atoms with van der Waals surface area (Å²) in [5.74, 6) is 0.444. The van der Waals surface area contributed by atoms with Gasteiger partial charge in [-0.15, -0.1) is 0 Å². The van der Waals surface area contributed by atoms with Gasteiger partial charge >= 0.3 is 0 Å². The third-order valence-corrected chi connectivity index (χ3v) is 5.69. The molecule has 0 aliphatic heterocycles. The van der Waals surface area contributed by atoms with Crippen molar-refractivity contribution in [2.45, 2.75) is 50.3 Å². The number of sulfonamides is 1. The molecular weight excluding hydrogens is 416 g/mol. The van der Waals surface area contributed by atoms with E-state index < -0.39 is 10.0 Å². The van der Waals surface area contributed by atoms with Crippen molar-refractivity contribution < 1.29 is 22.7 Å². The second-order valence-corrected chi connectivity index (χ2v) is 8.85. The van der Waals surface area contributed by atoms with Crippen molar-refractivity contribution in [2.75, 3.05) is 13.2 Å². The Labute approximate surface area is 184 Å². The molecule has 31 heavy (non-hydrogen) atoms. The lowest BCUT2D eigenvalue weighted by Gasteiger charge is -2.07. The van der Waals surface area contributed by atoms with E-state index in [9.17, 15) is 18.0 Å². The molecule has 0 bridgehead atoms. The van der Waals surface area contributed by atoms with Crippen LogP contribution in [0.5, 0.6) is 5.75 Å². The molecule has 0 aliphatic rings. The molecule has 0 aromatic heterocycles. The van der Waals surface area contributed by atoms with E-state index in [1.165, 1.54) is 12.1 Å². The largest absolute Gasteiger partial charge is 0.494 e. The number of carbonyl (C=O) groups excluding carboxylic acids is 2. The van der Waals surface area contributed by atoms with Crippen molar-refractivity contribution in [3.8, 4) is 5.75 Å². The maximum Gasteiger partial charge on any atom is 0.238 e. The molecule has 2 aromatic carbocycles. The number of hydrogen-bond donors (Lipinski definition) is 2. The minimum atomic E-state index is -3.71. The van der Waals surface area contributed by atoms with Gasteiger partial charge in [0, 0.05) is 24.9 Å². The normalized spacial score (nSPS) is 11.2. The molecule has 3 N–H and O–H groups in total. The van der Waals surface area contributed by atoms with E-state index >= 15 is 0 Å². The molecule has 2 rings (SSSR count). The number of carbonyl (C=O) groups is 2. The number of amides is 1. The van der Waals surface area contributed by atoms with E-state index in [0.29, 0.717) is 25.1 Å². The predicted octanol–water partition coefficient (Wildman–Crippen LogP) is 3.22. The Morgan fingerprint density at radius 2 is 1.65 bits per heavy atom. The Morgan fingerprint density at radius 3 is 2.26 bits per heavy atom. The number of ketones is 1. The van der Waals surface area contributed by atoms with Gasteiger partial charge in [0.2, 0.25) is 15.9 Å². The van der Waals surface area contributed by atoms with E-state index in [2.05, 4.69) is 12.2 Å². The lowest BCUT2D eigenvalue weighted by molar-refractivity contribution is -0.121. The number of hydrogen-bond acceptors (Lipinski definition) is 5.